The number of carbonyl (C=O) groups is 1. The lowest BCUT2D eigenvalue weighted by Gasteiger charge is -2.35. The zero-order valence-electron chi connectivity index (χ0n) is 35.0. The van der Waals surface area contributed by atoms with Crippen LogP contribution in [0.3, 0.4) is 0 Å². The molecule has 0 bridgehead atoms. The Kier molecular flexibility index (Phi) is 12.0. The Labute approximate surface area is 396 Å². The number of allylic oxidation sites excluding steroid dienone is 1. The Morgan fingerprint density at radius 1 is 0.548 bits per heavy atom. The van der Waals surface area contributed by atoms with Crippen LogP contribution < -0.4 is 19.6 Å². The Morgan fingerprint density at radius 2 is 0.839 bits per heavy atom. The number of hydrogen-bond acceptors (Lipinski definition) is 6. The Hall–Kier alpha value is -3.76. The summed E-state index contributed by atoms with van der Waals surface area (Å²) in [6.07, 6.45) is 15.9. The molecule has 6 nitrogen and oxygen atoms in total. The van der Waals surface area contributed by atoms with Crippen molar-refractivity contribution in [2.24, 2.45) is 0 Å². The molecule has 10 heteroatoms. The van der Waals surface area contributed by atoms with Crippen molar-refractivity contribution in [2.45, 2.75) is 65.6 Å². The SMILES string of the molecule is O=C1OC(C=C(c2ccc(N3CCCC3)cc2)c2ccc(N3CCCC3)cc2)(C=C(c2ccc(N3CCCC3)cc2)c2ccc(N3CCCC3)cc2)C2=C1C(Br)=CC(Cl)(Br)C2Br. The first-order valence-corrected chi connectivity index (χ1v) is 25.3. The summed E-state index contributed by atoms with van der Waals surface area (Å²) in [6.45, 7) is 8.58. The normalized spacial score (nSPS) is 23.2. The minimum atomic E-state index is -1.37. The van der Waals surface area contributed by atoms with Crippen LogP contribution in [-0.2, 0) is 9.53 Å². The standard InChI is InChI=1S/C52H52Br3ClN4O2/c53-46-35-52(55,56)49(54)48-47(46)50(61)62-51(48,33-44(36-9-17-40(18-10-36)57-25-1-2-26-57)37-11-19-41(20-12-37)58-27-3-4-28-58)34-45(38-13-21-42(22-14-38)59-29-5-6-30-59)39-15-23-43(24-16-39)60-31-7-8-32-60/h9-24,33-35,49H,1-8,25-32H2. The van der Waals surface area contributed by atoms with Crippen molar-refractivity contribution >= 4 is 99.3 Å². The smallest absolute Gasteiger partial charge is 0.340 e. The topological polar surface area (TPSA) is 39.3 Å². The molecule has 4 fully saturated rings. The first kappa shape index (κ1) is 42.2. The van der Waals surface area contributed by atoms with Gasteiger partial charge in [0, 0.05) is 85.2 Å². The van der Waals surface area contributed by atoms with E-state index in [1.54, 1.807) is 0 Å². The van der Waals surface area contributed by atoms with E-state index in [2.05, 4.69) is 177 Å². The van der Waals surface area contributed by atoms with Crippen LogP contribution >= 0.6 is 59.4 Å². The van der Waals surface area contributed by atoms with Gasteiger partial charge in [-0.3, -0.25) is 0 Å². The molecule has 4 saturated heterocycles. The van der Waals surface area contributed by atoms with Gasteiger partial charge in [-0.15, -0.1) is 11.6 Å². The summed E-state index contributed by atoms with van der Waals surface area (Å²) >= 11 is 18.9. The summed E-state index contributed by atoms with van der Waals surface area (Å²) in [4.78, 5) is 23.9. The molecule has 0 aromatic heterocycles. The maximum atomic E-state index is 14.6. The van der Waals surface area contributed by atoms with E-state index in [4.69, 9.17) is 16.3 Å². The number of carbonyl (C=O) groups excluding carboxylic acids is 1. The lowest BCUT2D eigenvalue weighted by atomic mass is 9.79. The first-order chi connectivity index (χ1) is 30.2. The van der Waals surface area contributed by atoms with Gasteiger partial charge in [-0.25, -0.2) is 4.79 Å². The number of nitrogens with zero attached hydrogens (tertiary/aromatic N) is 4. The predicted octanol–water partition coefficient (Wildman–Crippen LogP) is 12.6. The number of anilines is 4. The van der Waals surface area contributed by atoms with Crippen LogP contribution in [0.25, 0.3) is 11.1 Å². The van der Waals surface area contributed by atoms with E-state index in [1.165, 1.54) is 74.1 Å². The highest BCUT2D eigenvalue weighted by atomic mass is 79.9. The number of cyclic esters (lactones) is 1. The van der Waals surface area contributed by atoms with Crippen molar-refractivity contribution in [2.75, 3.05) is 72.0 Å². The number of halogens is 4. The zero-order valence-corrected chi connectivity index (χ0v) is 40.5. The summed E-state index contributed by atoms with van der Waals surface area (Å²) < 4.78 is 6.47. The zero-order chi connectivity index (χ0) is 42.4. The molecule has 2 unspecified atom stereocenters. The summed E-state index contributed by atoms with van der Waals surface area (Å²) in [5.41, 5.74) is 10.9. The quantitative estimate of drug-likeness (QED) is 0.116. The van der Waals surface area contributed by atoms with E-state index in [-0.39, 0.29) is 0 Å². The molecule has 0 saturated carbocycles. The molecule has 10 rings (SSSR count). The van der Waals surface area contributed by atoms with Gasteiger partial charge in [0.1, 0.15) is 3.78 Å². The van der Waals surface area contributed by atoms with Gasteiger partial charge in [0.15, 0.2) is 5.60 Å². The van der Waals surface area contributed by atoms with Gasteiger partial charge < -0.3 is 24.3 Å². The number of esters is 1. The van der Waals surface area contributed by atoms with Gasteiger partial charge in [-0.1, -0.05) is 96.3 Å². The molecular weight excluding hydrogens is 988 g/mol. The summed E-state index contributed by atoms with van der Waals surface area (Å²) in [5, 5.41) is 0. The van der Waals surface area contributed by atoms with Crippen LogP contribution in [0.5, 0.6) is 0 Å². The van der Waals surface area contributed by atoms with Crippen LogP contribution in [0.4, 0.5) is 22.7 Å². The molecule has 0 spiro atoms. The third-order valence-corrected chi connectivity index (χ3v) is 17.3. The number of ether oxygens (including phenoxy) is 1. The Balaban J connectivity index is 1.19. The second-order valence-corrected chi connectivity index (χ2v) is 21.7. The maximum absolute atomic E-state index is 14.6. The molecule has 62 heavy (non-hydrogen) atoms. The average molecular weight is 1040 g/mol. The van der Waals surface area contributed by atoms with E-state index in [1.807, 2.05) is 6.08 Å². The fourth-order valence-electron chi connectivity index (χ4n) is 10.3. The lowest BCUT2D eigenvalue weighted by Crippen LogP contribution is -2.39. The monoisotopic (exact) mass is 1040 g/mol. The molecule has 0 N–H and O–H groups in total. The van der Waals surface area contributed by atoms with Gasteiger partial charge >= 0.3 is 5.97 Å². The highest BCUT2D eigenvalue weighted by molar-refractivity contribution is 9.13. The fourth-order valence-corrected chi connectivity index (χ4v) is 12.9. The summed E-state index contributed by atoms with van der Waals surface area (Å²) in [7, 11) is 0. The van der Waals surface area contributed by atoms with Crippen molar-refractivity contribution < 1.29 is 9.53 Å². The van der Waals surface area contributed by atoms with E-state index in [0.29, 0.717) is 10.1 Å². The third kappa shape index (κ3) is 8.25. The number of alkyl halides is 3. The first-order valence-electron chi connectivity index (χ1n) is 22.4. The molecule has 0 radical (unpaired) electrons. The van der Waals surface area contributed by atoms with Crippen molar-refractivity contribution in [3.05, 3.63) is 153 Å². The fraction of sp³-hybridized carbons (Fsp3) is 0.365. The van der Waals surface area contributed by atoms with E-state index >= 15 is 0 Å². The minimum absolute atomic E-state index is 0.402. The molecule has 2 atom stereocenters. The molecule has 5 aliphatic heterocycles. The van der Waals surface area contributed by atoms with Crippen LogP contribution in [0, 0.1) is 0 Å². The summed E-state index contributed by atoms with van der Waals surface area (Å²) in [6, 6.07) is 35.8. The van der Waals surface area contributed by atoms with Gasteiger partial charge in [-0.2, -0.15) is 0 Å². The van der Waals surface area contributed by atoms with Gasteiger partial charge in [-0.05, 0) is 152 Å². The van der Waals surface area contributed by atoms with Crippen molar-refractivity contribution in [1.29, 1.82) is 0 Å². The molecule has 4 aromatic rings. The van der Waals surface area contributed by atoms with Gasteiger partial charge in [0.25, 0.3) is 0 Å². The molecular formula is C52H52Br3ClN4O2. The average Bonchev–Trinajstić information content (AvgIpc) is 4.16. The molecule has 6 aliphatic rings. The largest absolute Gasteiger partial charge is 0.442 e. The van der Waals surface area contributed by atoms with E-state index in [0.717, 1.165) is 91.3 Å². The molecule has 5 heterocycles. The van der Waals surface area contributed by atoms with Crippen molar-refractivity contribution in [1.82, 2.24) is 0 Å². The third-order valence-electron chi connectivity index (χ3n) is 13.6. The van der Waals surface area contributed by atoms with Crippen LogP contribution in [0.2, 0.25) is 0 Å². The van der Waals surface area contributed by atoms with E-state index in [9.17, 15) is 4.79 Å². The Morgan fingerprint density at radius 3 is 1.13 bits per heavy atom. The molecule has 0 amide bonds. The van der Waals surface area contributed by atoms with Gasteiger partial charge in [0.05, 0.1) is 10.4 Å². The van der Waals surface area contributed by atoms with Crippen molar-refractivity contribution in [3.8, 4) is 0 Å². The molecule has 4 aromatic carbocycles. The van der Waals surface area contributed by atoms with Crippen LogP contribution in [0.1, 0.15) is 73.6 Å². The lowest BCUT2D eigenvalue weighted by molar-refractivity contribution is -0.141. The van der Waals surface area contributed by atoms with E-state index < -0.39 is 20.2 Å². The number of rotatable bonds is 10. The highest BCUT2D eigenvalue weighted by Gasteiger charge is 2.55. The highest BCUT2D eigenvalue weighted by Crippen LogP contribution is 2.55. The van der Waals surface area contributed by atoms with Crippen LogP contribution in [-0.4, -0.2) is 72.5 Å². The second kappa shape index (κ2) is 17.7. The molecule has 1 aliphatic carbocycles. The van der Waals surface area contributed by atoms with Gasteiger partial charge in [0.2, 0.25) is 0 Å². The number of hydrogen-bond donors (Lipinski definition) is 0. The van der Waals surface area contributed by atoms with Crippen LogP contribution in [0.15, 0.2) is 131 Å². The number of benzene rings is 4. The maximum Gasteiger partial charge on any atom is 0.340 e. The second-order valence-electron chi connectivity index (χ2n) is 17.6. The molecule has 320 valence electrons. The summed E-state index contributed by atoms with van der Waals surface area (Å²) in [5.74, 6) is -0.402. The van der Waals surface area contributed by atoms with Crippen molar-refractivity contribution in [3.63, 3.8) is 0 Å². The minimum Gasteiger partial charge on any atom is -0.442 e. The Bertz CT molecular complexity index is 2160. The predicted molar refractivity (Wildman–Crippen MR) is 269 cm³/mol.